The van der Waals surface area contributed by atoms with Crippen molar-refractivity contribution in [2.45, 2.75) is 37.8 Å². The Hall–Kier alpha value is -2.38. The monoisotopic (exact) mass is 427 g/mol. The van der Waals surface area contributed by atoms with Gasteiger partial charge in [0.1, 0.15) is 0 Å². The molecule has 0 aliphatic carbocycles. The van der Waals surface area contributed by atoms with Gasteiger partial charge in [-0.1, -0.05) is 48.5 Å². The maximum atomic E-state index is 13.0. The zero-order valence-electron chi connectivity index (χ0n) is 17.5. The molecule has 0 spiro atoms. The van der Waals surface area contributed by atoms with Crippen LogP contribution in [-0.2, 0) is 22.9 Å². The molecule has 6 nitrogen and oxygen atoms in total. The maximum Gasteiger partial charge on any atom is 0.320 e. The smallest absolute Gasteiger partial charge is 0.320 e. The van der Waals surface area contributed by atoms with E-state index in [9.17, 15) is 13.2 Å². The van der Waals surface area contributed by atoms with Crippen LogP contribution < -0.4 is 4.72 Å². The van der Waals surface area contributed by atoms with E-state index in [-0.39, 0.29) is 18.1 Å². The Morgan fingerprint density at radius 1 is 1.03 bits per heavy atom. The minimum atomic E-state index is -3.36. The predicted molar refractivity (Wildman–Crippen MR) is 119 cm³/mol. The first-order valence-corrected chi connectivity index (χ1v) is 12.4. The number of carbonyl (C=O) groups is 1. The molecule has 1 N–H and O–H groups in total. The van der Waals surface area contributed by atoms with Crippen molar-refractivity contribution in [1.82, 2.24) is 14.5 Å². The number of amides is 2. The molecule has 2 aromatic carbocycles. The Bertz CT molecular complexity index is 1020. The van der Waals surface area contributed by atoms with E-state index in [2.05, 4.69) is 35.1 Å². The first-order valence-electron chi connectivity index (χ1n) is 10.5. The number of rotatable bonds is 3. The van der Waals surface area contributed by atoms with Crippen molar-refractivity contribution in [3.8, 4) is 11.1 Å². The number of nitrogens with zero attached hydrogens (tertiary/aromatic N) is 2. The highest BCUT2D eigenvalue weighted by atomic mass is 32.2. The largest absolute Gasteiger partial charge is 0.328 e. The van der Waals surface area contributed by atoms with Crippen molar-refractivity contribution >= 4 is 16.1 Å². The zero-order valence-corrected chi connectivity index (χ0v) is 18.4. The van der Waals surface area contributed by atoms with Gasteiger partial charge in [0.15, 0.2) is 0 Å². The van der Waals surface area contributed by atoms with E-state index in [0.717, 1.165) is 12.8 Å². The van der Waals surface area contributed by atoms with Crippen LogP contribution in [0, 0.1) is 0 Å². The third kappa shape index (κ3) is 4.37. The van der Waals surface area contributed by atoms with Crippen molar-refractivity contribution < 1.29 is 13.2 Å². The molecule has 1 fully saturated rings. The van der Waals surface area contributed by atoms with Gasteiger partial charge in [-0.15, -0.1) is 0 Å². The van der Waals surface area contributed by atoms with Gasteiger partial charge in [-0.2, -0.15) is 0 Å². The molecule has 7 heteroatoms. The van der Waals surface area contributed by atoms with Crippen LogP contribution in [-0.4, -0.2) is 62.7 Å². The molecule has 4 rings (SSSR count). The summed E-state index contributed by atoms with van der Waals surface area (Å²) in [5.41, 5.74) is 4.91. The average Bonchev–Trinajstić information content (AvgIpc) is 3.09. The predicted octanol–water partition coefficient (Wildman–Crippen LogP) is 2.89. The van der Waals surface area contributed by atoms with Gasteiger partial charge in [0, 0.05) is 26.2 Å². The van der Waals surface area contributed by atoms with Gasteiger partial charge in [0.25, 0.3) is 0 Å². The Morgan fingerprint density at radius 3 is 2.53 bits per heavy atom. The van der Waals surface area contributed by atoms with Gasteiger partial charge in [-0.05, 0) is 47.9 Å². The van der Waals surface area contributed by atoms with E-state index in [0.29, 0.717) is 25.9 Å². The number of benzene rings is 2. The molecule has 2 aromatic rings. The second kappa shape index (κ2) is 8.40. The number of hydrogen-bond donors (Lipinski definition) is 1. The summed E-state index contributed by atoms with van der Waals surface area (Å²) in [6.07, 6.45) is 4.23. The molecule has 1 saturated heterocycles. The molecule has 0 aromatic heterocycles. The van der Waals surface area contributed by atoms with Crippen molar-refractivity contribution in [2.75, 3.05) is 26.4 Å². The van der Waals surface area contributed by atoms with Crippen LogP contribution in [0.1, 0.15) is 24.0 Å². The molecule has 30 heavy (non-hydrogen) atoms. The number of fused-ring (bicyclic) bond motifs is 2. The van der Waals surface area contributed by atoms with E-state index in [1.807, 2.05) is 30.1 Å². The quantitative estimate of drug-likeness (QED) is 0.819. The summed E-state index contributed by atoms with van der Waals surface area (Å²) in [7, 11) is -1.52. The summed E-state index contributed by atoms with van der Waals surface area (Å²) in [4.78, 5) is 16.7. The SMILES string of the molecule is CN1CCCc2c(cccc2-c2ccccc2)CC2C(NS(C)(=O)=O)CCN2C1=O. The number of nitrogens with one attached hydrogen (secondary N) is 1. The maximum absolute atomic E-state index is 13.0. The van der Waals surface area contributed by atoms with Gasteiger partial charge in [0.2, 0.25) is 10.0 Å². The fraction of sp³-hybridized carbons (Fsp3) is 0.435. The number of carbonyl (C=O) groups excluding carboxylic acids is 1. The normalized spacial score (nSPS) is 22.5. The highest BCUT2D eigenvalue weighted by Crippen LogP contribution is 2.32. The van der Waals surface area contributed by atoms with Gasteiger partial charge < -0.3 is 9.80 Å². The van der Waals surface area contributed by atoms with Crippen LogP contribution in [0.4, 0.5) is 4.79 Å². The molecular weight excluding hydrogens is 398 g/mol. The van der Waals surface area contributed by atoms with Crippen LogP contribution in [0.2, 0.25) is 0 Å². The van der Waals surface area contributed by atoms with Gasteiger partial charge in [-0.25, -0.2) is 17.9 Å². The van der Waals surface area contributed by atoms with Crippen molar-refractivity contribution in [2.24, 2.45) is 0 Å². The van der Waals surface area contributed by atoms with Crippen molar-refractivity contribution in [1.29, 1.82) is 0 Å². The minimum absolute atomic E-state index is 0.0135. The molecule has 2 unspecified atom stereocenters. The number of sulfonamides is 1. The van der Waals surface area contributed by atoms with Crippen LogP contribution in [0.15, 0.2) is 48.5 Å². The summed E-state index contributed by atoms with van der Waals surface area (Å²) in [6, 6.07) is 16.2. The lowest BCUT2D eigenvalue weighted by atomic mass is 9.88. The highest BCUT2D eigenvalue weighted by Gasteiger charge is 2.40. The second-order valence-electron chi connectivity index (χ2n) is 8.37. The molecular formula is C23H29N3O3S. The Morgan fingerprint density at radius 2 is 1.80 bits per heavy atom. The van der Waals surface area contributed by atoms with E-state index in [4.69, 9.17) is 0 Å². The van der Waals surface area contributed by atoms with Crippen molar-refractivity contribution in [3.63, 3.8) is 0 Å². The van der Waals surface area contributed by atoms with Gasteiger partial charge >= 0.3 is 6.03 Å². The molecule has 0 saturated carbocycles. The van der Waals surface area contributed by atoms with Crippen LogP contribution in [0.5, 0.6) is 0 Å². The van der Waals surface area contributed by atoms with E-state index >= 15 is 0 Å². The standard InChI is InChI=1S/C23H29N3O3S/c1-25-14-7-12-20-18(10-6-11-19(20)17-8-4-3-5-9-17)16-22-21(24-30(2,28)29)13-15-26(22)23(25)27/h3-6,8-11,21-22,24H,7,12-16H2,1-2H3. The third-order valence-electron chi connectivity index (χ3n) is 6.19. The van der Waals surface area contributed by atoms with E-state index in [1.54, 1.807) is 4.90 Å². The first-order chi connectivity index (χ1) is 14.3. The molecule has 160 valence electrons. The Labute approximate surface area is 178 Å². The summed E-state index contributed by atoms with van der Waals surface area (Å²) >= 11 is 0. The van der Waals surface area contributed by atoms with Crippen LogP contribution in [0.3, 0.4) is 0 Å². The van der Waals surface area contributed by atoms with E-state index in [1.165, 1.54) is 28.5 Å². The highest BCUT2D eigenvalue weighted by molar-refractivity contribution is 7.88. The lowest BCUT2D eigenvalue weighted by Gasteiger charge is -2.34. The van der Waals surface area contributed by atoms with Gasteiger partial charge in [0.05, 0.1) is 12.3 Å². The molecule has 0 bridgehead atoms. The summed E-state index contributed by atoms with van der Waals surface area (Å²) in [6.45, 7) is 1.24. The zero-order chi connectivity index (χ0) is 21.3. The van der Waals surface area contributed by atoms with Crippen LogP contribution >= 0.6 is 0 Å². The molecule has 0 radical (unpaired) electrons. The summed E-state index contributed by atoms with van der Waals surface area (Å²) < 4.78 is 26.7. The molecule has 2 aliphatic rings. The molecule has 2 atom stereocenters. The Kier molecular flexibility index (Phi) is 5.84. The van der Waals surface area contributed by atoms with Crippen molar-refractivity contribution in [3.05, 3.63) is 59.7 Å². The summed E-state index contributed by atoms with van der Waals surface area (Å²) in [5, 5.41) is 0. The lowest BCUT2D eigenvalue weighted by Crippen LogP contribution is -2.51. The molecule has 2 aliphatic heterocycles. The summed E-state index contributed by atoms with van der Waals surface area (Å²) in [5.74, 6) is 0. The van der Waals surface area contributed by atoms with E-state index < -0.39 is 10.0 Å². The number of hydrogen-bond acceptors (Lipinski definition) is 3. The second-order valence-corrected chi connectivity index (χ2v) is 10.1. The third-order valence-corrected chi connectivity index (χ3v) is 6.92. The molecule has 2 heterocycles. The topological polar surface area (TPSA) is 69.7 Å². The van der Waals surface area contributed by atoms with Gasteiger partial charge in [-0.3, -0.25) is 0 Å². The minimum Gasteiger partial charge on any atom is -0.328 e. The van der Waals surface area contributed by atoms with Crippen LogP contribution in [0.25, 0.3) is 11.1 Å². The first kappa shape index (κ1) is 20.9. The number of urea groups is 1. The average molecular weight is 428 g/mol. The lowest BCUT2D eigenvalue weighted by molar-refractivity contribution is 0.153. The fourth-order valence-corrected chi connectivity index (χ4v) is 5.62. The fourth-order valence-electron chi connectivity index (χ4n) is 4.80. The Balaban J connectivity index is 1.77. The molecule has 2 amide bonds.